The van der Waals surface area contributed by atoms with E-state index in [0.717, 1.165) is 23.7 Å². The first kappa shape index (κ1) is 11.9. The van der Waals surface area contributed by atoms with E-state index in [4.69, 9.17) is 11.6 Å². The van der Waals surface area contributed by atoms with Crippen LogP contribution in [0.25, 0.3) is 0 Å². The van der Waals surface area contributed by atoms with E-state index in [1.807, 2.05) is 24.3 Å². The van der Waals surface area contributed by atoms with Gasteiger partial charge in [-0.05, 0) is 44.5 Å². The predicted octanol–water partition coefficient (Wildman–Crippen LogP) is 2.64. The van der Waals surface area contributed by atoms with Crippen molar-refractivity contribution in [2.24, 2.45) is 0 Å². The van der Waals surface area contributed by atoms with Crippen molar-refractivity contribution in [3.63, 3.8) is 0 Å². The number of hydrogen-bond acceptors (Lipinski definition) is 2. The maximum Gasteiger partial charge on any atom is 0.0680 e. The van der Waals surface area contributed by atoms with E-state index in [9.17, 15) is 5.11 Å². The van der Waals surface area contributed by atoms with E-state index in [2.05, 4.69) is 11.8 Å². The smallest absolute Gasteiger partial charge is 0.0680 e. The molecule has 88 valence electrons. The van der Waals surface area contributed by atoms with Crippen LogP contribution in [0, 0.1) is 0 Å². The van der Waals surface area contributed by atoms with Crippen LogP contribution >= 0.6 is 11.6 Å². The molecule has 0 bridgehead atoms. The Balaban J connectivity index is 2.37. The summed E-state index contributed by atoms with van der Waals surface area (Å²) >= 11 is 6.23. The van der Waals surface area contributed by atoms with Gasteiger partial charge in [-0.2, -0.15) is 0 Å². The molecular weight excluding hydrogens is 222 g/mol. The Morgan fingerprint density at radius 1 is 1.31 bits per heavy atom. The van der Waals surface area contributed by atoms with Crippen molar-refractivity contribution in [1.82, 2.24) is 4.90 Å². The Bertz CT molecular complexity index is 363. The monoisotopic (exact) mass is 239 g/mol. The summed E-state index contributed by atoms with van der Waals surface area (Å²) in [5, 5.41) is 10.5. The van der Waals surface area contributed by atoms with E-state index < -0.39 is 0 Å². The van der Waals surface area contributed by atoms with Crippen molar-refractivity contribution in [2.45, 2.75) is 25.3 Å². The summed E-state index contributed by atoms with van der Waals surface area (Å²) < 4.78 is 0. The van der Waals surface area contributed by atoms with E-state index in [1.165, 1.54) is 12.8 Å². The summed E-state index contributed by atoms with van der Waals surface area (Å²) in [4.78, 5) is 2.33. The molecule has 1 aliphatic heterocycles. The van der Waals surface area contributed by atoms with E-state index in [-0.39, 0.29) is 12.1 Å². The molecule has 2 nitrogen and oxygen atoms in total. The van der Waals surface area contributed by atoms with Crippen LogP contribution in [0.15, 0.2) is 24.3 Å². The molecule has 0 spiro atoms. The zero-order valence-electron chi connectivity index (χ0n) is 9.62. The lowest BCUT2D eigenvalue weighted by atomic mass is 9.91. The minimum absolute atomic E-state index is 0.108. The van der Waals surface area contributed by atoms with Gasteiger partial charge in [0.05, 0.1) is 12.1 Å². The second-order valence-corrected chi connectivity index (χ2v) is 5.01. The molecule has 0 aliphatic carbocycles. The number of aliphatic hydroxyl groups is 1. The van der Waals surface area contributed by atoms with Gasteiger partial charge in [-0.1, -0.05) is 29.8 Å². The molecule has 0 radical (unpaired) electrons. The van der Waals surface area contributed by atoms with Crippen LogP contribution in [-0.4, -0.2) is 29.7 Å². The fraction of sp³-hybridized carbons (Fsp3) is 0.538. The highest BCUT2D eigenvalue weighted by atomic mass is 35.5. The molecule has 0 saturated carbocycles. The summed E-state index contributed by atoms with van der Waals surface area (Å²) in [7, 11) is 0. The van der Waals surface area contributed by atoms with Crippen LogP contribution in [0.2, 0.25) is 5.02 Å². The van der Waals surface area contributed by atoms with Gasteiger partial charge in [0, 0.05) is 5.02 Å². The van der Waals surface area contributed by atoms with Crippen molar-refractivity contribution >= 4 is 11.6 Å². The van der Waals surface area contributed by atoms with Gasteiger partial charge in [-0.15, -0.1) is 0 Å². The van der Waals surface area contributed by atoms with Gasteiger partial charge in [0.1, 0.15) is 0 Å². The summed E-state index contributed by atoms with van der Waals surface area (Å²) in [5.41, 5.74) is 0.690. The van der Waals surface area contributed by atoms with E-state index in [1.54, 1.807) is 0 Å². The standard InChI is InChI=1S/C13H18ClNO/c1-13(10-16,15-8-4-5-9-15)11-6-2-3-7-12(11)14/h2-3,6-7,16H,4-5,8-10H2,1H3. The van der Waals surface area contributed by atoms with Gasteiger partial charge >= 0.3 is 0 Å². The molecule has 16 heavy (non-hydrogen) atoms. The number of hydrogen-bond donors (Lipinski definition) is 1. The lowest BCUT2D eigenvalue weighted by Gasteiger charge is -2.38. The van der Waals surface area contributed by atoms with Crippen LogP contribution < -0.4 is 0 Å². The Morgan fingerprint density at radius 2 is 1.94 bits per heavy atom. The Hall–Kier alpha value is -0.570. The van der Waals surface area contributed by atoms with E-state index in [0.29, 0.717) is 0 Å². The number of halogens is 1. The number of benzene rings is 1. The average Bonchev–Trinajstić information content (AvgIpc) is 2.82. The Kier molecular flexibility index (Phi) is 3.53. The van der Waals surface area contributed by atoms with Gasteiger partial charge in [0.15, 0.2) is 0 Å². The van der Waals surface area contributed by atoms with Gasteiger partial charge in [0.2, 0.25) is 0 Å². The highest BCUT2D eigenvalue weighted by Crippen LogP contribution is 2.35. The molecule has 1 saturated heterocycles. The lowest BCUT2D eigenvalue weighted by molar-refractivity contribution is 0.0601. The average molecular weight is 240 g/mol. The van der Waals surface area contributed by atoms with Crippen LogP contribution in [-0.2, 0) is 5.54 Å². The van der Waals surface area contributed by atoms with Gasteiger partial charge in [0.25, 0.3) is 0 Å². The van der Waals surface area contributed by atoms with Gasteiger partial charge in [-0.25, -0.2) is 0 Å². The molecule has 1 aromatic rings. The number of rotatable bonds is 3. The Labute approximate surface area is 102 Å². The molecule has 3 heteroatoms. The molecule has 1 atom stereocenters. The van der Waals surface area contributed by atoms with E-state index >= 15 is 0 Å². The highest BCUT2D eigenvalue weighted by molar-refractivity contribution is 6.31. The fourth-order valence-corrected chi connectivity index (χ4v) is 2.80. The fourth-order valence-electron chi connectivity index (χ4n) is 2.46. The van der Waals surface area contributed by atoms with Gasteiger partial charge in [-0.3, -0.25) is 4.90 Å². The van der Waals surface area contributed by atoms with Crippen molar-refractivity contribution in [2.75, 3.05) is 19.7 Å². The third-order valence-electron chi connectivity index (χ3n) is 3.57. The van der Waals surface area contributed by atoms with Crippen LogP contribution in [0.3, 0.4) is 0 Å². The minimum atomic E-state index is -0.338. The maximum atomic E-state index is 9.72. The molecule has 1 heterocycles. The van der Waals surface area contributed by atoms with Crippen LogP contribution in [0.1, 0.15) is 25.3 Å². The second kappa shape index (κ2) is 4.74. The molecule has 1 aliphatic rings. The molecule has 2 rings (SSSR count). The maximum absolute atomic E-state index is 9.72. The lowest BCUT2D eigenvalue weighted by Crippen LogP contribution is -2.45. The molecule has 1 N–H and O–H groups in total. The van der Waals surface area contributed by atoms with Crippen molar-refractivity contribution in [3.8, 4) is 0 Å². The Morgan fingerprint density at radius 3 is 2.50 bits per heavy atom. The number of aliphatic hydroxyl groups excluding tert-OH is 1. The van der Waals surface area contributed by atoms with Crippen LogP contribution in [0.4, 0.5) is 0 Å². The SMILES string of the molecule is CC(CO)(c1ccccc1Cl)N1CCCC1. The third kappa shape index (κ3) is 1.97. The zero-order valence-corrected chi connectivity index (χ0v) is 10.4. The highest BCUT2D eigenvalue weighted by Gasteiger charge is 2.35. The summed E-state index contributed by atoms with van der Waals surface area (Å²) in [6.45, 7) is 4.26. The number of nitrogens with zero attached hydrogens (tertiary/aromatic N) is 1. The molecule has 0 aromatic heterocycles. The van der Waals surface area contributed by atoms with Crippen molar-refractivity contribution in [3.05, 3.63) is 34.9 Å². The normalized spacial score (nSPS) is 20.9. The van der Waals surface area contributed by atoms with Crippen LogP contribution in [0.5, 0.6) is 0 Å². The largest absolute Gasteiger partial charge is 0.394 e. The second-order valence-electron chi connectivity index (χ2n) is 4.61. The third-order valence-corrected chi connectivity index (χ3v) is 3.90. The first-order valence-corrected chi connectivity index (χ1v) is 6.17. The quantitative estimate of drug-likeness (QED) is 0.877. The summed E-state index contributed by atoms with van der Waals surface area (Å²) in [5.74, 6) is 0. The first-order valence-electron chi connectivity index (χ1n) is 5.79. The molecule has 0 amide bonds. The van der Waals surface area contributed by atoms with Crippen molar-refractivity contribution in [1.29, 1.82) is 0 Å². The molecule has 1 aromatic carbocycles. The molecule has 1 unspecified atom stereocenters. The predicted molar refractivity (Wildman–Crippen MR) is 66.7 cm³/mol. The topological polar surface area (TPSA) is 23.5 Å². The summed E-state index contributed by atoms with van der Waals surface area (Å²) in [6.07, 6.45) is 2.42. The van der Waals surface area contributed by atoms with Crippen molar-refractivity contribution < 1.29 is 5.11 Å². The number of likely N-dealkylation sites (tertiary alicyclic amines) is 1. The zero-order chi connectivity index (χ0) is 11.6. The molecule has 1 fully saturated rings. The first-order chi connectivity index (χ1) is 7.68. The molecular formula is C13H18ClNO. The van der Waals surface area contributed by atoms with Gasteiger partial charge < -0.3 is 5.11 Å². The summed E-state index contributed by atoms with van der Waals surface area (Å²) in [6, 6.07) is 7.80. The minimum Gasteiger partial charge on any atom is -0.394 e.